The highest BCUT2D eigenvalue weighted by Crippen LogP contribution is 2.36. The standard InChI is InChI=1S/C25H36FN3O5/c1-34-22-15-18(19(26)16-21(22)27-20-8-9-23(30)28-25(20)33)17-10-13-29(14-11-17)12-6-4-2-3-5-7-24(31)32/h15-17,20,27H,2-14H2,1H3,(H,31,32)(H,28,30,33). The molecule has 2 aliphatic heterocycles. The van der Waals surface area contributed by atoms with E-state index in [4.69, 9.17) is 9.84 Å². The van der Waals surface area contributed by atoms with Gasteiger partial charge in [-0.15, -0.1) is 0 Å². The fraction of sp³-hybridized carbons (Fsp3) is 0.640. The van der Waals surface area contributed by atoms with Gasteiger partial charge in [0.25, 0.3) is 0 Å². The predicted octanol–water partition coefficient (Wildman–Crippen LogP) is 3.66. The van der Waals surface area contributed by atoms with E-state index < -0.39 is 17.9 Å². The molecule has 3 rings (SSSR count). The SMILES string of the molecule is COc1cc(C2CCN(CCCCCCCC(=O)O)CC2)c(F)cc1NC1CCC(=O)NC1=O. The Balaban J connectivity index is 1.47. The van der Waals surface area contributed by atoms with Gasteiger partial charge in [0.2, 0.25) is 11.8 Å². The maximum atomic E-state index is 15.1. The monoisotopic (exact) mass is 477 g/mol. The number of hydrogen-bond acceptors (Lipinski definition) is 6. The molecule has 1 aromatic rings. The molecule has 1 atom stereocenters. The molecular weight excluding hydrogens is 441 g/mol. The number of aliphatic carboxylic acids is 1. The molecule has 3 N–H and O–H groups in total. The molecule has 0 aromatic heterocycles. The van der Waals surface area contributed by atoms with Gasteiger partial charge in [-0.1, -0.05) is 19.3 Å². The van der Waals surface area contributed by atoms with Crippen LogP contribution in [0.4, 0.5) is 10.1 Å². The van der Waals surface area contributed by atoms with Crippen LogP contribution in [-0.2, 0) is 14.4 Å². The van der Waals surface area contributed by atoms with Gasteiger partial charge in [-0.2, -0.15) is 0 Å². The van der Waals surface area contributed by atoms with Crippen molar-refractivity contribution >= 4 is 23.5 Å². The highest BCUT2D eigenvalue weighted by atomic mass is 19.1. The molecule has 9 heteroatoms. The van der Waals surface area contributed by atoms with Crippen LogP contribution in [0.15, 0.2) is 12.1 Å². The number of anilines is 1. The van der Waals surface area contributed by atoms with Crippen molar-refractivity contribution in [2.75, 3.05) is 32.1 Å². The van der Waals surface area contributed by atoms with Gasteiger partial charge in [-0.25, -0.2) is 4.39 Å². The zero-order valence-corrected chi connectivity index (χ0v) is 19.9. The minimum Gasteiger partial charge on any atom is -0.495 e. The zero-order valence-electron chi connectivity index (χ0n) is 19.9. The summed E-state index contributed by atoms with van der Waals surface area (Å²) in [4.78, 5) is 36.4. The lowest BCUT2D eigenvalue weighted by atomic mass is 9.88. The third kappa shape index (κ3) is 7.41. The van der Waals surface area contributed by atoms with Gasteiger partial charge in [0.15, 0.2) is 0 Å². The third-order valence-electron chi connectivity index (χ3n) is 6.78. The summed E-state index contributed by atoms with van der Waals surface area (Å²) in [6.45, 7) is 2.86. The van der Waals surface area contributed by atoms with Gasteiger partial charge in [-0.3, -0.25) is 19.7 Å². The Morgan fingerprint density at radius 2 is 1.85 bits per heavy atom. The maximum Gasteiger partial charge on any atom is 0.303 e. The summed E-state index contributed by atoms with van der Waals surface area (Å²) >= 11 is 0. The summed E-state index contributed by atoms with van der Waals surface area (Å²) in [5.74, 6) is -1.13. The quantitative estimate of drug-likeness (QED) is 0.311. The van der Waals surface area contributed by atoms with Gasteiger partial charge in [-0.05, 0) is 69.3 Å². The normalized spacial score (nSPS) is 19.6. The van der Waals surface area contributed by atoms with E-state index in [0.717, 1.165) is 64.6 Å². The van der Waals surface area contributed by atoms with Gasteiger partial charge < -0.3 is 20.1 Å². The average molecular weight is 478 g/mol. The van der Waals surface area contributed by atoms with Crippen LogP contribution in [0.1, 0.15) is 75.7 Å². The van der Waals surface area contributed by atoms with E-state index in [2.05, 4.69) is 15.5 Å². The maximum absolute atomic E-state index is 15.1. The number of carbonyl (C=O) groups excluding carboxylic acids is 2. The number of nitrogens with one attached hydrogen (secondary N) is 2. The Morgan fingerprint density at radius 1 is 1.15 bits per heavy atom. The molecule has 8 nitrogen and oxygen atoms in total. The minimum absolute atomic E-state index is 0.116. The Labute approximate surface area is 200 Å². The summed E-state index contributed by atoms with van der Waals surface area (Å²) in [5.41, 5.74) is 1.06. The van der Waals surface area contributed by atoms with Crippen molar-refractivity contribution < 1.29 is 28.6 Å². The van der Waals surface area contributed by atoms with Crippen LogP contribution in [0, 0.1) is 5.82 Å². The van der Waals surface area contributed by atoms with Gasteiger partial charge in [0.1, 0.15) is 17.6 Å². The lowest BCUT2D eigenvalue weighted by Gasteiger charge is -2.32. The number of amides is 2. The summed E-state index contributed by atoms with van der Waals surface area (Å²) in [5, 5.41) is 14.0. The second-order valence-corrected chi connectivity index (χ2v) is 9.25. The number of imide groups is 1. The number of unbranched alkanes of at least 4 members (excludes halogenated alkanes) is 4. The molecule has 2 saturated heterocycles. The largest absolute Gasteiger partial charge is 0.495 e. The number of piperidine rings is 2. The van der Waals surface area contributed by atoms with Crippen LogP contribution in [0.5, 0.6) is 5.75 Å². The molecule has 2 fully saturated rings. The van der Waals surface area contributed by atoms with Crippen molar-refractivity contribution in [1.29, 1.82) is 0 Å². The number of ether oxygens (including phenoxy) is 1. The molecule has 0 radical (unpaired) electrons. The summed E-state index contributed by atoms with van der Waals surface area (Å²) in [6.07, 6.45) is 7.58. The second-order valence-electron chi connectivity index (χ2n) is 9.25. The molecule has 0 bridgehead atoms. The average Bonchev–Trinajstić information content (AvgIpc) is 2.81. The van der Waals surface area contributed by atoms with Crippen LogP contribution in [-0.4, -0.2) is 60.6 Å². The first-order valence-corrected chi connectivity index (χ1v) is 12.3. The fourth-order valence-corrected chi connectivity index (χ4v) is 4.79. The lowest BCUT2D eigenvalue weighted by Crippen LogP contribution is -2.47. The van der Waals surface area contributed by atoms with Crippen LogP contribution >= 0.6 is 0 Å². The minimum atomic E-state index is -0.725. The van der Waals surface area contributed by atoms with Crippen molar-refractivity contribution in [3.05, 3.63) is 23.5 Å². The van der Waals surface area contributed by atoms with Crippen LogP contribution < -0.4 is 15.4 Å². The van der Waals surface area contributed by atoms with Gasteiger partial charge in [0.05, 0.1) is 12.8 Å². The number of carboxylic acids is 1. The Kier molecular flexibility index (Phi) is 9.68. The summed E-state index contributed by atoms with van der Waals surface area (Å²) in [7, 11) is 1.52. The molecule has 0 saturated carbocycles. The van der Waals surface area contributed by atoms with Gasteiger partial charge in [0, 0.05) is 18.9 Å². The van der Waals surface area contributed by atoms with E-state index in [0.29, 0.717) is 23.4 Å². The number of rotatable bonds is 12. The smallest absolute Gasteiger partial charge is 0.303 e. The molecule has 1 aromatic carbocycles. The molecule has 2 amide bonds. The van der Waals surface area contributed by atoms with E-state index in [1.807, 2.05) is 0 Å². The van der Waals surface area contributed by atoms with E-state index in [-0.39, 0.29) is 30.5 Å². The van der Waals surface area contributed by atoms with E-state index >= 15 is 4.39 Å². The molecule has 0 spiro atoms. The number of nitrogens with zero attached hydrogens (tertiary/aromatic N) is 1. The number of carboxylic acid groups (broad SMARTS) is 1. The second kappa shape index (κ2) is 12.7. The molecule has 2 aliphatic rings. The van der Waals surface area contributed by atoms with Crippen molar-refractivity contribution in [3.8, 4) is 5.75 Å². The topological polar surface area (TPSA) is 108 Å². The first-order valence-electron chi connectivity index (χ1n) is 12.3. The van der Waals surface area contributed by atoms with Crippen molar-refractivity contribution in [3.63, 3.8) is 0 Å². The molecule has 0 aliphatic carbocycles. The fourth-order valence-electron chi connectivity index (χ4n) is 4.79. The molecule has 188 valence electrons. The number of carbonyl (C=O) groups is 3. The van der Waals surface area contributed by atoms with Gasteiger partial charge >= 0.3 is 5.97 Å². The van der Waals surface area contributed by atoms with Crippen LogP contribution in [0.2, 0.25) is 0 Å². The van der Waals surface area contributed by atoms with E-state index in [1.165, 1.54) is 13.2 Å². The summed E-state index contributed by atoms with van der Waals surface area (Å²) < 4.78 is 20.5. The molecular formula is C25H36FN3O5. The van der Waals surface area contributed by atoms with Crippen LogP contribution in [0.3, 0.4) is 0 Å². The first kappa shape index (κ1) is 25.9. The predicted molar refractivity (Wildman–Crippen MR) is 126 cm³/mol. The first-order chi connectivity index (χ1) is 16.4. The highest BCUT2D eigenvalue weighted by Gasteiger charge is 2.29. The molecule has 2 heterocycles. The summed E-state index contributed by atoms with van der Waals surface area (Å²) in [6, 6.07) is 2.53. The van der Waals surface area contributed by atoms with E-state index in [1.54, 1.807) is 6.07 Å². The van der Waals surface area contributed by atoms with Crippen molar-refractivity contribution in [1.82, 2.24) is 10.2 Å². The van der Waals surface area contributed by atoms with E-state index in [9.17, 15) is 14.4 Å². The zero-order chi connectivity index (χ0) is 24.5. The molecule has 1 unspecified atom stereocenters. The number of benzene rings is 1. The highest BCUT2D eigenvalue weighted by molar-refractivity contribution is 6.01. The Morgan fingerprint density at radius 3 is 2.53 bits per heavy atom. The number of hydrogen-bond donors (Lipinski definition) is 3. The Hall–Kier alpha value is -2.68. The van der Waals surface area contributed by atoms with Crippen molar-refractivity contribution in [2.24, 2.45) is 0 Å². The number of likely N-dealkylation sites (tertiary alicyclic amines) is 1. The third-order valence-corrected chi connectivity index (χ3v) is 6.78. The number of halogens is 1. The Bertz CT molecular complexity index is 870. The molecule has 34 heavy (non-hydrogen) atoms. The van der Waals surface area contributed by atoms with Crippen molar-refractivity contribution in [2.45, 2.75) is 76.2 Å². The lowest BCUT2D eigenvalue weighted by molar-refractivity contribution is -0.137. The number of methoxy groups -OCH3 is 1. The van der Waals surface area contributed by atoms with Crippen LogP contribution in [0.25, 0.3) is 0 Å².